The van der Waals surface area contributed by atoms with Gasteiger partial charge in [-0.2, -0.15) is 0 Å². The van der Waals surface area contributed by atoms with Crippen molar-refractivity contribution in [2.75, 3.05) is 13.7 Å². The summed E-state index contributed by atoms with van der Waals surface area (Å²) in [7, 11) is 1.58. The third kappa shape index (κ3) is 2.44. The highest BCUT2D eigenvalue weighted by molar-refractivity contribution is 9.10. The fourth-order valence-corrected chi connectivity index (χ4v) is 5.70. The lowest BCUT2D eigenvalue weighted by Gasteiger charge is -2.41. The Bertz CT molecular complexity index is 1080. The Morgan fingerprint density at radius 3 is 2.57 bits per heavy atom. The Kier molecular flexibility index (Phi) is 4.61. The first-order valence-corrected chi connectivity index (χ1v) is 10.8. The molecule has 0 bridgehead atoms. The van der Waals surface area contributed by atoms with E-state index in [2.05, 4.69) is 33.0 Å². The molecular weight excluding hydrogens is 444 g/mol. The standard InChI is InChI=1S/C24H23BrN2O3/c1-29-20-13-27-14-21-22(20)23(28)17(12-26)11-19(15-5-3-2-4-6-15)24(23,30-21)16-7-9-18(25)10-8-16/h2-10,13-14,17,19,28H,11-12,26H2,1H3. The van der Waals surface area contributed by atoms with Crippen LogP contribution in [0.3, 0.4) is 0 Å². The zero-order valence-electron chi connectivity index (χ0n) is 16.6. The van der Waals surface area contributed by atoms with Crippen LogP contribution in [0.5, 0.6) is 11.5 Å². The van der Waals surface area contributed by atoms with Crippen LogP contribution in [0.1, 0.15) is 29.0 Å². The van der Waals surface area contributed by atoms with E-state index in [9.17, 15) is 5.11 Å². The average Bonchev–Trinajstić information content (AvgIpc) is 3.19. The minimum absolute atomic E-state index is 0.101. The highest BCUT2D eigenvalue weighted by atomic mass is 79.9. The molecule has 2 aliphatic rings. The third-order valence-corrected chi connectivity index (χ3v) is 7.20. The molecule has 4 unspecified atom stereocenters. The number of methoxy groups -OCH3 is 1. The zero-order chi connectivity index (χ0) is 20.9. The Hall–Kier alpha value is -2.41. The maximum Gasteiger partial charge on any atom is 0.174 e. The number of nitrogens with two attached hydrogens (primary N) is 1. The maximum atomic E-state index is 12.5. The van der Waals surface area contributed by atoms with Crippen molar-refractivity contribution in [3.8, 4) is 11.5 Å². The van der Waals surface area contributed by atoms with Crippen LogP contribution in [0.25, 0.3) is 0 Å². The maximum absolute atomic E-state index is 12.5. The van der Waals surface area contributed by atoms with Crippen LogP contribution in [0.2, 0.25) is 0 Å². The molecule has 0 amide bonds. The van der Waals surface area contributed by atoms with Crippen LogP contribution in [-0.2, 0) is 11.2 Å². The fraction of sp³-hybridized carbons (Fsp3) is 0.292. The second-order valence-electron chi connectivity index (χ2n) is 7.96. The second-order valence-corrected chi connectivity index (χ2v) is 8.87. The molecule has 5 rings (SSSR count). The van der Waals surface area contributed by atoms with Gasteiger partial charge >= 0.3 is 0 Å². The van der Waals surface area contributed by atoms with Crippen molar-refractivity contribution < 1.29 is 14.6 Å². The molecular formula is C24H23BrN2O3. The number of hydrogen-bond acceptors (Lipinski definition) is 5. The summed E-state index contributed by atoms with van der Waals surface area (Å²) in [6, 6.07) is 18.2. The minimum atomic E-state index is -1.36. The number of halogens is 1. The summed E-state index contributed by atoms with van der Waals surface area (Å²) in [6.07, 6.45) is 3.98. The number of aliphatic hydroxyl groups is 1. The molecule has 1 aliphatic carbocycles. The van der Waals surface area contributed by atoms with E-state index in [0.717, 1.165) is 15.6 Å². The molecule has 0 spiro atoms. The molecule has 1 saturated carbocycles. The van der Waals surface area contributed by atoms with E-state index in [1.807, 2.05) is 42.5 Å². The number of hydrogen-bond donors (Lipinski definition) is 2. The van der Waals surface area contributed by atoms with E-state index in [0.29, 0.717) is 30.0 Å². The molecule has 3 aromatic rings. The molecule has 30 heavy (non-hydrogen) atoms. The number of nitrogens with zero attached hydrogens (tertiary/aromatic N) is 1. The summed E-state index contributed by atoms with van der Waals surface area (Å²) in [4.78, 5) is 4.27. The third-order valence-electron chi connectivity index (χ3n) is 6.68. The summed E-state index contributed by atoms with van der Waals surface area (Å²) in [5.41, 5.74) is 6.48. The summed E-state index contributed by atoms with van der Waals surface area (Å²) in [5.74, 6) is 0.736. The van der Waals surface area contributed by atoms with Gasteiger partial charge in [0.25, 0.3) is 0 Å². The van der Waals surface area contributed by atoms with Crippen molar-refractivity contribution in [2.45, 2.75) is 23.5 Å². The van der Waals surface area contributed by atoms with Crippen LogP contribution < -0.4 is 15.2 Å². The van der Waals surface area contributed by atoms with Gasteiger partial charge in [0, 0.05) is 16.3 Å². The Labute approximate surface area is 184 Å². The molecule has 0 radical (unpaired) electrons. The molecule has 1 aromatic heterocycles. The molecule has 1 aliphatic heterocycles. The topological polar surface area (TPSA) is 77.6 Å². The summed E-state index contributed by atoms with van der Waals surface area (Å²) < 4.78 is 13.3. The molecule has 0 saturated heterocycles. The summed E-state index contributed by atoms with van der Waals surface area (Å²) in [6.45, 7) is 0.326. The van der Waals surface area contributed by atoms with E-state index in [1.165, 1.54) is 0 Å². The second kappa shape index (κ2) is 7.08. The fourth-order valence-electron chi connectivity index (χ4n) is 5.43. The van der Waals surface area contributed by atoms with Gasteiger partial charge in [-0.05, 0) is 36.2 Å². The lowest BCUT2D eigenvalue weighted by atomic mass is 9.70. The largest absolute Gasteiger partial charge is 0.495 e. The molecule has 3 N–H and O–H groups in total. The van der Waals surface area contributed by atoms with Gasteiger partial charge in [0.2, 0.25) is 0 Å². The smallest absolute Gasteiger partial charge is 0.174 e. The number of benzene rings is 2. The van der Waals surface area contributed by atoms with Crippen LogP contribution in [0, 0.1) is 5.92 Å². The normalized spacial score (nSPS) is 29.2. The number of pyridine rings is 1. The minimum Gasteiger partial charge on any atom is -0.495 e. The lowest BCUT2D eigenvalue weighted by molar-refractivity contribution is -0.126. The van der Waals surface area contributed by atoms with E-state index >= 15 is 0 Å². The molecule has 6 heteroatoms. The van der Waals surface area contributed by atoms with E-state index < -0.39 is 11.2 Å². The van der Waals surface area contributed by atoms with Crippen molar-refractivity contribution in [3.05, 3.63) is 88.2 Å². The quantitative estimate of drug-likeness (QED) is 0.605. The molecule has 5 nitrogen and oxygen atoms in total. The number of fused-ring (bicyclic) bond motifs is 3. The van der Waals surface area contributed by atoms with Crippen molar-refractivity contribution in [1.29, 1.82) is 0 Å². The van der Waals surface area contributed by atoms with Gasteiger partial charge in [-0.1, -0.05) is 58.4 Å². The van der Waals surface area contributed by atoms with Crippen LogP contribution >= 0.6 is 15.9 Å². The monoisotopic (exact) mass is 466 g/mol. The van der Waals surface area contributed by atoms with Crippen LogP contribution in [0.4, 0.5) is 0 Å². The molecule has 2 aromatic carbocycles. The number of ether oxygens (including phenoxy) is 2. The van der Waals surface area contributed by atoms with Crippen molar-refractivity contribution in [3.63, 3.8) is 0 Å². The Balaban J connectivity index is 1.83. The van der Waals surface area contributed by atoms with E-state index in [1.54, 1.807) is 19.5 Å². The first-order valence-electron chi connectivity index (χ1n) is 10.0. The molecule has 4 atom stereocenters. The van der Waals surface area contributed by atoms with Gasteiger partial charge in [0.15, 0.2) is 5.60 Å². The van der Waals surface area contributed by atoms with Gasteiger partial charge in [-0.15, -0.1) is 0 Å². The van der Waals surface area contributed by atoms with Crippen molar-refractivity contribution in [2.24, 2.45) is 11.7 Å². The van der Waals surface area contributed by atoms with Gasteiger partial charge in [0.1, 0.15) is 17.1 Å². The lowest BCUT2D eigenvalue weighted by Crippen LogP contribution is -2.51. The van der Waals surface area contributed by atoms with Crippen molar-refractivity contribution in [1.82, 2.24) is 4.98 Å². The van der Waals surface area contributed by atoms with E-state index in [-0.39, 0.29) is 11.8 Å². The molecule has 2 heterocycles. The zero-order valence-corrected chi connectivity index (χ0v) is 18.2. The predicted octanol–water partition coefficient (Wildman–Crippen LogP) is 4.09. The highest BCUT2D eigenvalue weighted by Gasteiger charge is 2.73. The summed E-state index contributed by atoms with van der Waals surface area (Å²) >= 11 is 3.52. The van der Waals surface area contributed by atoms with Crippen molar-refractivity contribution >= 4 is 15.9 Å². The van der Waals surface area contributed by atoms with E-state index in [4.69, 9.17) is 15.2 Å². The first-order chi connectivity index (χ1) is 14.6. The summed E-state index contributed by atoms with van der Waals surface area (Å²) in [5, 5.41) is 12.5. The van der Waals surface area contributed by atoms with Crippen LogP contribution in [0.15, 0.2) is 71.5 Å². The van der Waals surface area contributed by atoms with Gasteiger partial charge < -0.3 is 20.3 Å². The van der Waals surface area contributed by atoms with Gasteiger partial charge in [-0.25, -0.2) is 0 Å². The number of rotatable bonds is 4. The average molecular weight is 467 g/mol. The van der Waals surface area contributed by atoms with Crippen LogP contribution in [-0.4, -0.2) is 23.7 Å². The van der Waals surface area contributed by atoms with Gasteiger partial charge in [-0.3, -0.25) is 4.98 Å². The SMILES string of the molecule is COc1cncc2c1C1(O)C(CN)CC(c3ccccc3)C1(c1ccc(Br)cc1)O2. The van der Waals surface area contributed by atoms with Gasteiger partial charge in [0.05, 0.1) is 25.1 Å². The predicted molar refractivity (Wildman–Crippen MR) is 117 cm³/mol. The molecule has 154 valence electrons. The highest BCUT2D eigenvalue weighted by Crippen LogP contribution is 2.69. The number of aromatic nitrogens is 1. The molecule has 1 fully saturated rings. The Morgan fingerprint density at radius 1 is 1.17 bits per heavy atom. The Morgan fingerprint density at radius 2 is 1.90 bits per heavy atom. The first kappa shape index (κ1) is 19.5.